The van der Waals surface area contributed by atoms with Crippen LogP contribution >= 0.6 is 11.3 Å². The number of hydrogen-bond donors (Lipinski definition) is 0. The Morgan fingerprint density at radius 3 is 2.54 bits per heavy atom. The number of fused-ring (bicyclic) bond motifs is 1. The number of aromatic nitrogens is 3. The molecule has 0 spiro atoms. The molecule has 0 bridgehead atoms. The monoisotopic (exact) mass is 544 g/mol. The van der Waals surface area contributed by atoms with Crippen molar-refractivity contribution in [1.29, 1.82) is 0 Å². The Hall–Kier alpha value is -3.56. The summed E-state index contributed by atoms with van der Waals surface area (Å²) in [5, 5.41) is 4.61. The highest BCUT2D eigenvalue weighted by atomic mass is 32.1. The molecular weight excluding hydrogens is 512 g/mol. The second-order valence-electron chi connectivity index (χ2n) is 10.5. The van der Waals surface area contributed by atoms with Crippen molar-refractivity contribution in [3.8, 4) is 21.7 Å². The Kier molecular flexibility index (Phi) is 7.18. The summed E-state index contributed by atoms with van der Waals surface area (Å²) in [6.07, 6.45) is 8.25. The zero-order chi connectivity index (χ0) is 26.9. The third kappa shape index (κ3) is 5.08. The molecule has 1 atom stereocenters. The molecule has 6 rings (SSSR count). The summed E-state index contributed by atoms with van der Waals surface area (Å²) in [5.41, 5.74) is 4.19. The molecule has 0 radical (unpaired) electrons. The first-order valence-electron chi connectivity index (χ1n) is 13.6. The minimum absolute atomic E-state index is 0.0325. The lowest BCUT2D eigenvalue weighted by molar-refractivity contribution is -0.124. The Bertz CT molecular complexity index is 1450. The molecule has 202 valence electrons. The molecule has 1 unspecified atom stereocenters. The van der Waals surface area contributed by atoms with E-state index in [0.717, 1.165) is 59.4 Å². The Morgan fingerprint density at radius 1 is 1.08 bits per heavy atom. The number of hydrogen-bond acceptors (Lipinski definition) is 7. The molecule has 1 amide bonds. The molecule has 1 saturated heterocycles. The zero-order valence-electron chi connectivity index (χ0n) is 22.2. The Labute approximate surface area is 231 Å². The molecule has 8 nitrogen and oxygen atoms in total. The molecule has 4 aromatic rings. The van der Waals surface area contributed by atoms with Crippen molar-refractivity contribution in [2.24, 2.45) is 11.8 Å². The number of nitrogens with zero attached hydrogens (tertiary/aromatic N) is 4. The minimum atomic E-state index is -0.427. The first kappa shape index (κ1) is 25.7. The van der Waals surface area contributed by atoms with Crippen LogP contribution in [-0.4, -0.2) is 52.8 Å². The second kappa shape index (κ2) is 10.9. The van der Waals surface area contributed by atoms with Gasteiger partial charge in [0.05, 0.1) is 31.1 Å². The van der Waals surface area contributed by atoms with Gasteiger partial charge in [-0.15, -0.1) is 11.3 Å². The number of carbonyl (C=O) groups excluding carboxylic acids is 2. The predicted molar refractivity (Wildman–Crippen MR) is 151 cm³/mol. The van der Waals surface area contributed by atoms with E-state index >= 15 is 0 Å². The van der Waals surface area contributed by atoms with Gasteiger partial charge >= 0.3 is 5.97 Å². The average molecular weight is 545 g/mol. The van der Waals surface area contributed by atoms with E-state index < -0.39 is 5.97 Å². The average Bonchev–Trinajstić information content (AvgIpc) is 3.74. The van der Waals surface area contributed by atoms with Gasteiger partial charge in [0, 0.05) is 41.4 Å². The van der Waals surface area contributed by atoms with Crippen molar-refractivity contribution in [2.75, 3.05) is 25.2 Å². The first-order chi connectivity index (χ1) is 19.0. The van der Waals surface area contributed by atoms with Gasteiger partial charge in [0.15, 0.2) is 5.65 Å². The Balaban J connectivity index is 1.35. The van der Waals surface area contributed by atoms with Crippen LogP contribution in [-0.2, 0) is 14.3 Å². The first-order valence-corrected chi connectivity index (χ1v) is 14.4. The van der Waals surface area contributed by atoms with Gasteiger partial charge in [0.2, 0.25) is 5.91 Å². The van der Waals surface area contributed by atoms with E-state index in [9.17, 15) is 9.59 Å². The maximum absolute atomic E-state index is 14.0. The lowest BCUT2D eigenvalue weighted by Crippen LogP contribution is -2.45. The van der Waals surface area contributed by atoms with Crippen molar-refractivity contribution >= 4 is 34.5 Å². The quantitative estimate of drug-likeness (QED) is 0.283. The summed E-state index contributed by atoms with van der Waals surface area (Å²) in [5.74, 6) is 0.289. The van der Waals surface area contributed by atoms with E-state index in [0.29, 0.717) is 29.7 Å². The zero-order valence-corrected chi connectivity index (χ0v) is 23.0. The fourth-order valence-corrected chi connectivity index (χ4v) is 6.72. The SMILES string of the molecule is COC(=O)c1sc(-c2ccc(-c3cc4ncccn4n3)cc2)cc1N(C(=O)C1CCC(C)CC1)C1CCOC1. The van der Waals surface area contributed by atoms with Crippen molar-refractivity contribution in [3.63, 3.8) is 0 Å². The second-order valence-corrected chi connectivity index (χ2v) is 11.6. The van der Waals surface area contributed by atoms with Crippen LogP contribution in [0.25, 0.3) is 27.3 Å². The van der Waals surface area contributed by atoms with Crippen LogP contribution in [0.4, 0.5) is 5.69 Å². The van der Waals surface area contributed by atoms with Crippen LogP contribution in [0.2, 0.25) is 0 Å². The number of carbonyl (C=O) groups is 2. The lowest BCUT2D eigenvalue weighted by Gasteiger charge is -2.34. The highest BCUT2D eigenvalue weighted by Crippen LogP contribution is 2.41. The number of thiophene rings is 1. The van der Waals surface area contributed by atoms with Gasteiger partial charge in [-0.3, -0.25) is 4.79 Å². The van der Waals surface area contributed by atoms with Gasteiger partial charge < -0.3 is 14.4 Å². The highest BCUT2D eigenvalue weighted by molar-refractivity contribution is 7.18. The molecule has 4 heterocycles. The number of esters is 1. The summed E-state index contributed by atoms with van der Waals surface area (Å²) in [6, 6.07) is 13.8. The molecule has 9 heteroatoms. The van der Waals surface area contributed by atoms with E-state index in [-0.39, 0.29) is 17.9 Å². The number of anilines is 1. The summed E-state index contributed by atoms with van der Waals surface area (Å²) < 4.78 is 12.6. The maximum atomic E-state index is 14.0. The van der Waals surface area contributed by atoms with Crippen LogP contribution in [0.5, 0.6) is 0 Å². The van der Waals surface area contributed by atoms with Crippen LogP contribution in [0.3, 0.4) is 0 Å². The summed E-state index contributed by atoms with van der Waals surface area (Å²) in [7, 11) is 1.39. The number of ether oxygens (including phenoxy) is 2. The van der Waals surface area contributed by atoms with E-state index in [1.54, 1.807) is 10.7 Å². The molecule has 1 aliphatic heterocycles. The highest BCUT2D eigenvalue weighted by Gasteiger charge is 2.37. The van der Waals surface area contributed by atoms with Crippen LogP contribution in [0, 0.1) is 11.8 Å². The van der Waals surface area contributed by atoms with Gasteiger partial charge in [0.1, 0.15) is 4.88 Å². The van der Waals surface area contributed by atoms with Crippen molar-refractivity contribution in [2.45, 2.75) is 45.1 Å². The topological polar surface area (TPSA) is 86.0 Å². The molecule has 2 aliphatic rings. The van der Waals surface area contributed by atoms with E-state index in [1.165, 1.54) is 18.4 Å². The summed E-state index contributed by atoms with van der Waals surface area (Å²) in [6.45, 7) is 3.34. The number of amides is 1. The summed E-state index contributed by atoms with van der Waals surface area (Å²) >= 11 is 1.36. The van der Waals surface area contributed by atoms with E-state index in [2.05, 4.69) is 17.0 Å². The summed E-state index contributed by atoms with van der Waals surface area (Å²) in [4.78, 5) is 34.5. The minimum Gasteiger partial charge on any atom is -0.465 e. The molecule has 3 aromatic heterocycles. The van der Waals surface area contributed by atoms with Crippen molar-refractivity contribution in [3.05, 3.63) is 59.7 Å². The van der Waals surface area contributed by atoms with Crippen molar-refractivity contribution < 1.29 is 19.1 Å². The Morgan fingerprint density at radius 2 is 1.85 bits per heavy atom. The molecule has 1 saturated carbocycles. The normalized spacial score (nSPS) is 21.2. The number of rotatable bonds is 6. The standard InChI is InChI=1S/C30H32N4O4S/c1-19-4-6-22(7-5-19)29(35)34(23-12-15-38-18-23)25-17-26(39-28(25)30(36)37-2)21-10-8-20(9-11-21)24-16-27-31-13-3-14-33(27)32-24/h3,8-11,13-14,16-17,19,22-23H,4-7,12,15,18H2,1-2H3. The van der Waals surface area contributed by atoms with Crippen LogP contribution in [0.15, 0.2) is 54.9 Å². The van der Waals surface area contributed by atoms with Gasteiger partial charge in [-0.1, -0.05) is 31.2 Å². The van der Waals surface area contributed by atoms with Crippen LogP contribution in [0.1, 0.15) is 48.7 Å². The smallest absolute Gasteiger partial charge is 0.350 e. The van der Waals surface area contributed by atoms with E-state index in [1.807, 2.05) is 53.6 Å². The molecule has 0 N–H and O–H groups in total. The molecule has 1 aliphatic carbocycles. The third-order valence-corrected chi connectivity index (χ3v) is 9.07. The third-order valence-electron chi connectivity index (χ3n) is 7.92. The van der Waals surface area contributed by atoms with Crippen molar-refractivity contribution in [1.82, 2.24) is 14.6 Å². The van der Waals surface area contributed by atoms with Gasteiger partial charge in [0.25, 0.3) is 0 Å². The number of methoxy groups -OCH3 is 1. The maximum Gasteiger partial charge on any atom is 0.350 e. The fraction of sp³-hybridized carbons (Fsp3) is 0.400. The molecular formula is C30H32N4O4S. The number of benzene rings is 1. The molecule has 2 fully saturated rings. The molecule has 39 heavy (non-hydrogen) atoms. The largest absolute Gasteiger partial charge is 0.465 e. The lowest BCUT2D eigenvalue weighted by atomic mass is 9.82. The van der Waals surface area contributed by atoms with E-state index in [4.69, 9.17) is 9.47 Å². The van der Waals surface area contributed by atoms with Gasteiger partial charge in [-0.2, -0.15) is 5.10 Å². The fourth-order valence-electron chi connectivity index (χ4n) is 5.64. The van der Waals surface area contributed by atoms with Gasteiger partial charge in [-0.05, 0) is 55.7 Å². The van der Waals surface area contributed by atoms with Crippen LogP contribution < -0.4 is 4.90 Å². The predicted octanol–water partition coefficient (Wildman–Crippen LogP) is 5.86. The molecule has 1 aromatic carbocycles. The van der Waals surface area contributed by atoms with Gasteiger partial charge in [-0.25, -0.2) is 14.3 Å².